The molecule has 0 aliphatic rings. The molecule has 0 bridgehead atoms. The first-order valence-corrected chi connectivity index (χ1v) is 16.6. The highest BCUT2D eigenvalue weighted by Crippen LogP contribution is 2.44. The Kier molecular flexibility index (Phi) is 5.97. The molecule has 0 saturated heterocycles. The molecule has 0 N–H and O–H groups in total. The minimum absolute atomic E-state index is 1.23. The summed E-state index contributed by atoms with van der Waals surface area (Å²) in [5.74, 6) is 0. The molecule has 0 saturated carbocycles. The Morgan fingerprint density at radius 1 is 0.273 bits per heavy atom. The third kappa shape index (κ3) is 4.26. The Morgan fingerprint density at radius 2 is 0.795 bits per heavy atom. The van der Waals surface area contributed by atoms with Crippen molar-refractivity contribution < 1.29 is 0 Å². The molecule has 0 atom stereocenters. The van der Waals surface area contributed by atoms with Crippen LogP contribution in [0.2, 0.25) is 0 Å². The minimum atomic E-state index is 1.23. The highest BCUT2D eigenvalue weighted by atomic mass is 32.1. The maximum Gasteiger partial charge on any atom is 0.0434 e. The van der Waals surface area contributed by atoms with Crippen LogP contribution in [-0.2, 0) is 0 Å². The van der Waals surface area contributed by atoms with Gasteiger partial charge in [-0.15, -0.1) is 22.7 Å². The van der Waals surface area contributed by atoms with Crippen LogP contribution in [-0.4, -0.2) is 0 Å². The zero-order valence-electron chi connectivity index (χ0n) is 23.8. The normalized spacial score (nSPS) is 11.6. The highest BCUT2D eigenvalue weighted by Gasteiger charge is 2.15. The molecule has 2 heteroatoms. The van der Waals surface area contributed by atoms with E-state index >= 15 is 0 Å². The fraction of sp³-hybridized carbons (Fsp3) is 0. The fourth-order valence-electron chi connectivity index (χ4n) is 6.47. The number of thiophene rings is 2. The third-order valence-corrected chi connectivity index (χ3v) is 11.1. The zero-order valence-corrected chi connectivity index (χ0v) is 25.5. The lowest BCUT2D eigenvalue weighted by Crippen LogP contribution is -1.85. The summed E-state index contributed by atoms with van der Waals surface area (Å²) in [4.78, 5) is 0. The first-order valence-electron chi connectivity index (χ1n) is 14.9. The van der Waals surface area contributed by atoms with Crippen molar-refractivity contribution in [2.24, 2.45) is 0 Å². The van der Waals surface area contributed by atoms with E-state index in [1.165, 1.54) is 84.9 Å². The van der Waals surface area contributed by atoms with Crippen LogP contribution >= 0.6 is 22.7 Å². The third-order valence-electron chi connectivity index (χ3n) is 8.69. The monoisotopic (exact) mass is 594 g/mol. The van der Waals surface area contributed by atoms with Crippen molar-refractivity contribution in [1.82, 2.24) is 0 Å². The predicted octanol–water partition coefficient (Wildman–Crippen LogP) is 13.1. The Labute approximate surface area is 264 Å². The average Bonchev–Trinajstić information content (AvgIpc) is 3.66. The van der Waals surface area contributed by atoms with E-state index in [2.05, 4.69) is 158 Å². The number of rotatable bonds is 4. The van der Waals surface area contributed by atoms with Crippen LogP contribution in [0.4, 0.5) is 0 Å². The molecule has 2 aromatic heterocycles. The van der Waals surface area contributed by atoms with Gasteiger partial charge in [-0.3, -0.25) is 0 Å². The molecule has 0 aliphatic carbocycles. The molecule has 0 amide bonds. The second-order valence-electron chi connectivity index (χ2n) is 11.3. The van der Waals surface area contributed by atoms with E-state index in [1.54, 1.807) is 0 Å². The van der Waals surface area contributed by atoms with Gasteiger partial charge in [-0.25, -0.2) is 0 Å². The number of hydrogen-bond donors (Lipinski definition) is 0. The SMILES string of the molecule is c1ccc(-c2ccc(-c3cccc(-c4cc(-c5ccc6sc7ccccc7c6c5)cc5c4sc4ccccc45)c3)cc2)cc1. The lowest BCUT2D eigenvalue weighted by Gasteiger charge is -2.11. The largest absolute Gasteiger partial charge is 0.135 e. The molecule has 0 unspecified atom stereocenters. The first-order chi connectivity index (χ1) is 21.8. The Balaban J connectivity index is 1.21. The quantitative estimate of drug-likeness (QED) is 0.190. The number of fused-ring (bicyclic) bond motifs is 6. The molecule has 206 valence electrons. The van der Waals surface area contributed by atoms with Gasteiger partial charge >= 0.3 is 0 Å². The van der Waals surface area contributed by atoms with Crippen LogP contribution in [0, 0.1) is 0 Å². The van der Waals surface area contributed by atoms with Crippen molar-refractivity contribution in [2.75, 3.05) is 0 Å². The van der Waals surface area contributed by atoms with Crippen LogP contribution in [0.3, 0.4) is 0 Å². The van der Waals surface area contributed by atoms with Gasteiger partial charge in [-0.05, 0) is 81.4 Å². The molecule has 0 radical (unpaired) electrons. The van der Waals surface area contributed by atoms with Crippen molar-refractivity contribution >= 4 is 63.0 Å². The van der Waals surface area contributed by atoms with E-state index in [4.69, 9.17) is 0 Å². The van der Waals surface area contributed by atoms with Crippen molar-refractivity contribution in [3.63, 3.8) is 0 Å². The van der Waals surface area contributed by atoms with Crippen molar-refractivity contribution in [2.45, 2.75) is 0 Å². The summed E-state index contributed by atoms with van der Waals surface area (Å²) in [6.07, 6.45) is 0. The van der Waals surface area contributed by atoms with Gasteiger partial charge in [-0.2, -0.15) is 0 Å². The van der Waals surface area contributed by atoms with Gasteiger partial charge in [-0.1, -0.05) is 115 Å². The molecule has 0 spiro atoms. The van der Waals surface area contributed by atoms with Crippen molar-refractivity contribution in [1.29, 1.82) is 0 Å². The molecule has 7 aromatic carbocycles. The summed E-state index contributed by atoms with van der Waals surface area (Å²) < 4.78 is 5.35. The van der Waals surface area contributed by atoms with Crippen LogP contribution in [0.25, 0.3) is 84.9 Å². The summed E-state index contributed by atoms with van der Waals surface area (Å²) in [6, 6.07) is 57.9. The summed E-state index contributed by atoms with van der Waals surface area (Å²) in [7, 11) is 0. The zero-order chi connectivity index (χ0) is 29.0. The maximum absolute atomic E-state index is 2.41. The van der Waals surface area contributed by atoms with Gasteiger partial charge in [0, 0.05) is 45.9 Å². The fourth-order valence-corrected chi connectivity index (χ4v) is 8.77. The summed E-state index contributed by atoms with van der Waals surface area (Å²) >= 11 is 3.77. The van der Waals surface area contributed by atoms with Crippen LogP contribution in [0.5, 0.6) is 0 Å². The topological polar surface area (TPSA) is 0 Å². The molecule has 9 rings (SSSR count). The second-order valence-corrected chi connectivity index (χ2v) is 13.5. The second kappa shape index (κ2) is 10.3. The number of benzene rings is 7. The summed E-state index contributed by atoms with van der Waals surface area (Å²) in [6.45, 7) is 0. The molecule has 9 aromatic rings. The molecule has 44 heavy (non-hydrogen) atoms. The molecule has 0 nitrogen and oxygen atoms in total. The Hall–Kier alpha value is -5.02. The van der Waals surface area contributed by atoms with E-state index in [-0.39, 0.29) is 0 Å². The minimum Gasteiger partial charge on any atom is -0.135 e. The first kappa shape index (κ1) is 25.5. The van der Waals surface area contributed by atoms with E-state index in [0.717, 1.165) is 0 Å². The summed E-state index contributed by atoms with van der Waals surface area (Å²) in [5.41, 5.74) is 9.98. The van der Waals surface area contributed by atoms with E-state index < -0.39 is 0 Å². The maximum atomic E-state index is 2.41. The number of hydrogen-bond acceptors (Lipinski definition) is 2. The van der Waals surface area contributed by atoms with Gasteiger partial charge in [0.05, 0.1) is 0 Å². The Morgan fingerprint density at radius 3 is 1.59 bits per heavy atom. The lowest BCUT2D eigenvalue weighted by molar-refractivity contribution is 1.58. The molecule has 2 heterocycles. The van der Waals surface area contributed by atoms with Gasteiger partial charge in [0.15, 0.2) is 0 Å². The molecular formula is C42H26S2. The molecular weight excluding hydrogens is 569 g/mol. The Bertz CT molecular complexity index is 2480. The van der Waals surface area contributed by atoms with E-state index in [1.807, 2.05) is 22.7 Å². The van der Waals surface area contributed by atoms with Crippen molar-refractivity contribution in [3.8, 4) is 44.5 Å². The van der Waals surface area contributed by atoms with E-state index in [9.17, 15) is 0 Å². The average molecular weight is 595 g/mol. The molecule has 0 fully saturated rings. The van der Waals surface area contributed by atoms with Gasteiger partial charge < -0.3 is 0 Å². The van der Waals surface area contributed by atoms with Crippen LogP contribution < -0.4 is 0 Å². The van der Waals surface area contributed by atoms with Gasteiger partial charge in [0.1, 0.15) is 0 Å². The van der Waals surface area contributed by atoms with E-state index in [0.29, 0.717) is 0 Å². The van der Waals surface area contributed by atoms with Crippen LogP contribution in [0.15, 0.2) is 158 Å². The van der Waals surface area contributed by atoms with Gasteiger partial charge in [0.25, 0.3) is 0 Å². The van der Waals surface area contributed by atoms with Gasteiger partial charge in [0.2, 0.25) is 0 Å². The summed E-state index contributed by atoms with van der Waals surface area (Å²) in [5, 5.41) is 5.32. The standard InChI is InChI=1S/C42H26S2/c1-2-9-27(10-3-1)28-17-19-29(20-18-28)30-11-8-12-32(23-30)36-25-33(26-38-35-14-5-7-16-40(35)44-42(36)38)31-21-22-41-37(24-31)34-13-4-6-15-39(34)43-41/h1-26H. The van der Waals surface area contributed by atoms with Crippen LogP contribution in [0.1, 0.15) is 0 Å². The lowest BCUT2D eigenvalue weighted by atomic mass is 9.93. The smallest absolute Gasteiger partial charge is 0.0434 e. The highest BCUT2D eigenvalue weighted by molar-refractivity contribution is 7.26. The van der Waals surface area contributed by atoms with Crippen molar-refractivity contribution in [3.05, 3.63) is 158 Å². The predicted molar refractivity (Wildman–Crippen MR) is 194 cm³/mol. The molecule has 0 aliphatic heterocycles.